The van der Waals surface area contributed by atoms with Crippen LogP contribution >= 0.6 is 24.0 Å². The third-order valence-corrected chi connectivity index (χ3v) is 3.92. The van der Waals surface area contributed by atoms with E-state index in [1.165, 1.54) is 6.42 Å². The molecule has 1 atom stereocenters. The van der Waals surface area contributed by atoms with Gasteiger partial charge in [0.1, 0.15) is 11.6 Å². The summed E-state index contributed by atoms with van der Waals surface area (Å²) in [6.45, 7) is 10.6. The summed E-state index contributed by atoms with van der Waals surface area (Å²) in [5.41, 5.74) is 0.392. The van der Waals surface area contributed by atoms with E-state index in [1.807, 2.05) is 18.7 Å². The van der Waals surface area contributed by atoms with E-state index < -0.39 is 0 Å². The molecule has 1 aliphatic rings. The second-order valence-corrected chi connectivity index (χ2v) is 7.30. The second kappa shape index (κ2) is 8.84. The summed E-state index contributed by atoms with van der Waals surface area (Å²) in [4.78, 5) is 8.77. The minimum absolute atomic E-state index is 0. The third-order valence-electron chi connectivity index (χ3n) is 3.92. The molecule has 1 aromatic heterocycles. The van der Waals surface area contributed by atoms with E-state index in [-0.39, 0.29) is 24.0 Å². The highest BCUT2D eigenvalue weighted by molar-refractivity contribution is 14.0. The van der Waals surface area contributed by atoms with E-state index in [2.05, 4.69) is 46.5 Å². The maximum absolute atomic E-state index is 4.45. The van der Waals surface area contributed by atoms with Gasteiger partial charge in [-0.05, 0) is 31.6 Å². The highest BCUT2D eigenvalue weighted by Crippen LogP contribution is 2.19. The molecule has 0 saturated heterocycles. The molecule has 0 aliphatic carbocycles. The minimum Gasteiger partial charge on any atom is -0.356 e. The van der Waals surface area contributed by atoms with Gasteiger partial charge in [-0.15, -0.1) is 24.0 Å². The van der Waals surface area contributed by atoms with Crippen molar-refractivity contribution in [3.63, 3.8) is 0 Å². The number of aliphatic imine (C=N–C) groups is 1. The average molecular weight is 434 g/mol. The number of aryl methyl sites for hydroxylation is 2. The fraction of sp³-hybridized carbons (Fsp3) is 0.812. The lowest BCUT2D eigenvalue weighted by Gasteiger charge is -2.25. The molecule has 0 fully saturated rings. The zero-order valence-electron chi connectivity index (χ0n) is 15.0. The zero-order valence-corrected chi connectivity index (χ0v) is 17.3. The van der Waals surface area contributed by atoms with Crippen molar-refractivity contribution in [2.45, 2.75) is 66.0 Å². The molecule has 0 aromatic carbocycles. The van der Waals surface area contributed by atoms with Crippen molar-refractivity contribution in [3.05, 3.63) is 11.6 Å². The summed E-state index contributed by atoms with van der Waals surface area (Å²) in [6.07, 6.45) is 4.41. The number of guanidine groups is 1. The summed E-state index contributed by atoms with van der Waals surface area (Å²) in [7, 11) is 1.83. The van der Waals surface area contributed by atoms with Crippen LogP contribution in [-0.2, 0) is 13.0 Å². The Morgan fingerprint density at radius 2 is 2.13 bits per heavy atom. The minimum atomic E-state index is 0. The fourth-order valence-corrected chi connectivity index (χ4v) is 2.77. The van der Waals surface area contributed by atoms with E-state index in [0.29, 0.717) is 11.5 Å². The quantitative estimate of drug-likeness (QED) is 0.331. The molecule has 2 N–H and O–H groups in total. The SMILES string of the molecule is CN=C(NCCCC(C)(C)C)NC1CCc2nc(C)nn2C1.I. The van der Waals surface area contributed by atoms with Crippen LogP contribution in [0.5, 0.6) is 0 Å². The van der Waals surface area contributed by atoms with Gasteiger partial charge in [-0.25, -0.2) is 9.67 Å². The predicted octanol–water partition coefficient (Wildman–Crippen LogP) is 2.51. The van der Waals surface area contributed by atoms with Gasteiger partial charge in [-0.3, -0.25) is 4.99 Å². The molecular weight excluding hydrogens is 403 g/mol. The van der Waals surface area contributed by atoms with Crippen molar-refractivity contribution in [2.24, 2.45) is 10.4 Å². The molecule has 6 nitrogen and oxygen atoms in total. The molecule has 0 radical (unpaired) electrons. The Morgan fingerprint density at radius 1 is 1.39 bits per heavy atom. The van der Waals surface area contributed by atoms with Crippen LogP contribution in [-0.4, -0.2) is 40.4 Å². The van der Waals surface area contributed by atoms with Gasteiger partial charge < -0.3 is 10.6 Å². The summed E-state index contributed by atoms with van der Waals surface area (Å²) in [6, 6.07) is 0.363. The Kier molecular flexibility index (Phi) is 7.76. The molecule has 1 aromatic rings. The second-order valence-electron chi connectivity index (χ2n) is 7.30. The normalized spacial score (nSPS) is 18.1. The van der Waals surface area contributed by atoms with Crippen LogP contribution < -0.4 is 10.6 Å². The summed E-state index contributed by atoms with van der Waals surface area (Å²) in [5.74, 6) is 2.85. The molecule has 0 bridgehead atoms. The van der Waals surface area contributed by atoms with Crippen LogP contribution in [0.3, 0.4) is 0 Å². The van der Waals surface area contributed by atoms with Gasteiger partial charge in [0.05, 0.1) is 6.54 Å². The van der Waals surface area contributed by atoms with Crippen LogP contribution in [0.4, 0.5) is 0 Å². The molecule has 0 amide bonds. The number of rotatable bonds is 4. The molecule has 23 heavy (non-hydrogen) atoms. The first-order chi connectivity index (χ1) is 10.4. The monoisotopic (exact) mass is 434 g/mol. The number of nitrogens with one attached hydrogen (secondary N) is 2. The number of fused-ring (bicyclic) bond motifs is 1. The fourth-order valence-electron chi connectivity index (χ4n) is 2.77. The van der Waals surface area contributed by atoms with E-state index in [0.717, 1.165) is 50.0 Å². The molecule has 0 spiro atoms. The van der Waals surface area contributed by atoms with Crippen LogP contribution in [0.2, 0.25) is 0 Å². The lowest BCUT2D eigenvalue weighted by molar-refractivity contribution is 0.363. The topological polar surface area (TPSA) is 67.1 Å². The smallest absolute Gasteiger partial charge is 0.191 e. The number of halogens is 1. The first-order valence-corrected chi connectivity index (χ1v) is 8.25. The lowest BCUT2D eigenvalue weighted by atomic mass is 9.91. The Hall–Kier alpha value is -0.860. The number of nitrogens with zero attached hydrogens (tertiary/aromatic N) is 4. The van der Waals surface area contributed by atoms with Crippen molar-refractivity contribution in [3.8, 4) is 0 Å². The Balaban J connectivity index is 0.00000264. The van der Waals surface area contributed by atoms with Crippen molar-refractivity contribution in [1.82, 2.24) is 25.4 Å². The van der Waals surface area contributed by atoms with Crippen LogP contribution in [0.1, 0.15) is 51.7 Å². The van der Waals surface area contributed by atoms with Gasteiger partial charge in [-0.1, -0.05) is 20.8 Å². The summed E-state index contributed by atoms with van der Waals surface area (Å²) < 4.78 is 2.02. The Morgan fingerprint density at radius 3 is 2.78 bits per heavy atom. The van der Waals surface area contributed by atoms with Gasteiger partial charge in [0.25, 0.3) is 0 Å². The molecule has 1 unspecified atom stereocenters. The zero-order chi connectivity index (χ0) is 16.2. The van der Waals surface area contributed by atoms with Crippen molar-refractivity contribution in [1.29, 1.82) is 0 Å². The first-order valence-electron chi connectivity index (χ1n) is 8.25. The van der Waals surface area contributed by atoms with Crippen LogP contribution in [0.25, 0.3) is 0 Å². The predicted molar refractivity (Wildman–Crippen MR) is 105 cm³/mol. The van der Waals surface area contributed by atoms with Gasteiger partial charge in [0.2, 0.25) is 0 Å². The molecule has 132 valence electrons. The van der Waals surface area contributed by atoms with Crippen molar-refractivity contribution in [2.75, 3.05) is 13.6 Å². The lowest BCUT2D eigenvalue weighted by Crippen LogP contribution is -2.47. The first kappa shape index (κ1) is 20.2. The molecule has 2 heterocycles. The molecule has 0 saturated carbocycles. The molecule has 1 aliphatic heterocycles. The van der Waals surface area contributed by atoms with Gasteiger partial charge >= 0.3 is 0 Å². The largest absolute Gasteiger partial charge is 0.356 e. The standard InChI is InChI=1S/C16H30N6.HI/c1-12-19-14-8-7-13(11-22(14)21-12)20-15(17-5)18-10-6-9-16(2,3)4;/h13H,6-11H2,1-5H3,(H2,17,18,20);1H. The van der Waals surface area contributed by atoms with E-state index >= 15 is 0 Å². The maximum Gasteiger partial charge on any atom is 0.191 e. The van der Waals surface area contributed by atoms with Crippen molar-refractivity contribution < 1.29 is 0 Å². The Labute approximate surface area is 157 Å². The molecule has 7 heteroatoms. The Bertz CT molecular complexity index is 517. The summed E-state index contributed by atoms with van der Waals surface area (Å²) >= 11 is 0. The average Bonchev–Trinajstić information content (AvgIpc) is 2.80. The van der Waals surface area contributed by atoms with E-state index in [4.69, 9.17) is 0 Å². The highest BCUT2D eigenvalue weighted by Gasteiger charge is 2.21. The van der Waals surface area contributed by atoms with Crippen LogP contribution in [0, 0.1) is 12.3 Å². The van der Waals surface area contributed by atoms with E-state index in [1.54, 1.807) is 0 Å². The van der Waals surface area contributed by atoms with Crippen molar-refractivity contribution >= 4 is 29.9 Å². The van der Waals surface area contributed by atoms with E-state index in [9.17, 15) is 0 Å². The molecule has 2 rings (SSSR count). The number of aromatic nitrogens is 3. The molecular formula is C16H31IN6. The maximum atomic E-state index is 4.45. The van der Waals surface area contributed by atoms with Gasteiger partial charge in [-0.2, -0.15) is 5.10 Å². The highest BCUT2D eigenvalue weighted by atomic mass is 127. The van der Waals surface area contributed by atoms with Crippen LogP contribution in [0.15, 0.2) is 4.99 Å². The third kappa shape index (κ3) is 6.64. The summed E-state index contributed by atoms with van der Waals surface area (Å²) in [5, 5.41) is 11.4. The van der Waals surface area contributed by atoms with Gasteiger partial charge in [0.15, 0.2) is 5.96 Å². The van der Waals surface area contributed by atoms with Gasteiger partial charge in [0, 0.05) is 26.1 Å². The number of hydrogen-bond acceptors (Lipinski definition) is 3. The number of hydrogen-bond donors (Lipinski definition) is 2.